The van der Waals surface area contributed by atoms with Gasteiger partial charge < -0.3 is 10.1 Å². The Morgan fingerprint density at radius 1 is 1.21 bits per heavy atom. The molecular weight excluding hydrogens is 234 g/mol. The lowest BCUT2D eigenvalue weighted by Gasteiger charge is -2.33. The van der Waals surface area contributed by atoms with Gasteiger partial charge in [-0.3, -0.25) is 0 Å². The van der Waals surface area contributed by atoms with Crippen LogP contribution in [0.2, 0.25) is 0 Å². The monoisotopic (exact) mass is 267 g/mol. The molecule has 0 aliphatic heterocycles. The summed E-state index contributed by atoms with van der Waals surface area (Å²) in [7, 11) is 0. The Bertz CT molecular complexity index is 260. The van der Waals surface area contributed by atoms with E-state index in [1.807, 2.05) is 0 Å². The molecule has 0 bridgehead atoms. The van der Waals surface area contributed by atoms with Crippen molar-refractivity contribution in [3.8, 4) is 0 Å². The molecular formula is C17H33NO. The summed E-state index contributed by atoms with van der Waals surface area (Å²) >= 11 is 0. The van der Waals surface area contributed by atoms with Crippen LogP contribution in [0.4, 0.5) is 0 Å². The molecule has 0 radical (unpaired) electrons. The highest BCUT2D eigenvalue weighted by molar-refractivity contribution is 5.15. The van der Waals surface area contributed by atoms with E-state index in [-0.39, 0.29) is 0 Å². The van der Waals surface area contributed by atoms with Crippen LogP contribution in [0, 0.1) is 5.92 Å². The first-order valence-corrected chi connectivity index (χ1v) is 8.24. The Morgan fingerprint density at radius 3 is 2.63 bits per heavy atom. The lowest BCUT2D eigenvalue weighted by molar-refractivity contribution is 0.0113. The largest absolute Gasteiger partial charge is 0.376 e. The first-order valence-electron chi connectivity index (χ1n) is 8.24. The topological polar surface area (TPSA) is 21.3 Å². The quantitative estimate of drug-likeness (QED) is 0.662. The number of rotatable bonds is 8. The van der Waals surface area contributed by atoms with Crippen molar-refractivity contribution in [2.75, 3.05) is 13.2 Å². The standard InChI is InChI=1S/C17H33NO/c1-5-13-18-16(17(14(3)4)19-6-2)15-11-9-7-8-10-12-15/h11,14,16-18H,5-10,12-13H2,1-4H3. The fraction of sp³-hybridized carbons (Fsp3) is 0.882. The van der Waals surface area contributed by atoms with Gasteiger partial charge in [0, 0.05) is 6.61 Å². The molecule has 0 amide bonds. The fourth-order valence-corrected chi connectivity index (χ4v) is 2.95. The average molecular weight is 267 g/mol. The molecule has 2 unspecified atom stereocenters. The van der Waals surface area contributed by atoms with Gasteiger partial charge in [0.25, 0.3) is 0 Å². The van der Waals surface area contributed by atoms with Crippen molar-refractivity contribution in [2.24, 2.45) is 5.92 Å². The zero-order valence-corrected chi connectivity index (χ0v) is 13.4. The second kappa shape index (κ2) is 9.55. The summed E-state index contributed by atoms with van der Waals surface area (Å²) in [6.07, 6.45) is 10.5. The zero-order valence-electron chi connectivity index (χ0n) is 13.4. The van der Waals surface area contributed by atoms with Gasteiger partial charge in [-0.1, -0.05) is 38.8 Å². The highest BCUT2D eigenvalue weighted by atomic mass is 16.5. The Balaban J connectivity index is 2.80. The third kappa shape index (κ3) is 5.66. The molecule has 112 valence electrons. The molecule has 19 heavy (non-hydrogen) atoms. The van der Waals surface area contributed by atoms with Crippen molar-refractivity contribution in [1.82, 2.24) is 5.32 Å². The van der Waals surface area contributed by atoms with E-state index >= 15 is 0 Å². The molecule has 0 aromatic rings. The predicted octanol–water partition coefficient (Wildman–Crippen LogP) is 4.31. The molecule has 0 saturated carbocycles. The molecule has 1 N–H and O–H groups in total. The van der Waals surface area contributed by atoms with Gasteiger partial charge in [0.1, 0.15) is 0 Å². The summed E-state index contributed by atoms with van der Waals surface area (Å²) in [4.78, 5) is 0. The van der Waals surface area contributed by atoms with E-state index in [2.05, 4.69) is 39.1 Å². The van der Waals surface area contributed by atoms with Crippen LogP contribution in [0.3, 0.4) is 0 Å². The van der Waals surface area contributed by atoms with Crippen LogP contribution in [0.5, 0.6) is 0 Å². The molecule has 1 rings (SSSR count). The van der Waals surface area contributed by atoms with Gasteiger partial charge in [0.15, 0.2) is 0 Å². The van der Waals surface area contributed by atoms with Crippen LogP contribution in [0.15, 0.2) is 11.6 Å². The molecule has 0 aromatic heterocycles. The van der Waals surface area contributed by atoms with Crippen LogP contribution in [-0.2, 0) is 4.74 Å². The maximum absolute atomic E-state index is 6.05. The van der Waals surface area contributed by atoms with Gasteiger partial charge >= 0.3 is 0 Å². The number of ether oxygens (including phenoxy) is 1. The number of allylic oxidation sites excluding steroid dienone is 1. The average Bonchev–Trinajstić information content (AvgIpc) is 2.66. The van der Waals surface area contributed by atoms with E-state index in [0.717, 1.165) is 13.2 Å². The van der Waals surface area contributed by atoms with Crippen molar-refractivity contribution in [1.29, 1.82) is 0 Å². The second-order valence-corrected chi connectivity index (χ2v) is 5.97. The molecule has 2 heteroatoms. The van der Waals surface area contributed by atoms with Crippen LogP contribution in [-0.4, -0.2) is 25.3 Å². The number of hydrogen-bond donors (Lipinski definition) is 1. The summed E-state index contributed by atoms with van der Waals surface area (Å²) < 4.78 is 6.05. The fourth-order valence-electron chi connectivity index (χ4n) is 2.95. The molecule has 0 heterocycles. The maximum Gasteiger partial charge on any atom is 0.0789 e. The zero-order chi connectivity index (χ0) is 14.1. The summed E-state index contributed by atoms with van der Waals surface area (Å²) in [5.74, 6) is 0.554. The van der Waals surface area contributed by atoms with Crippen molar-refractivity contribution >= 4 is 0 Å². The summed E-state index contributed by atoms with van der Waals surface area (Å²) in [5, 5.41) is 3.74. The lowest BCUT2D eigenvalue weighted by atomic mass is 9.90. The molecule has 2 nitrogen and oxygen atoms in total. The minimum atomic E-state index is 0.306. The van der Waals surface area contributed by atoms with E-state index in [1.54, 1.807) is 5.57 Å². The summed E-state index contributed by atoms with van der Waals surface area (Å²) in [6.45, 7) is 10.8. The van der Waals surface area contributed by atoms with E-state index < -0.39 is 0 Å². The van der Waals surface area contributed by atoms with Crippen LogP contribution >= 0.6 is 0 Å². The highest BCUT2D eigenvalue weighted by Gasteiger charge is 2.27. The van der Waals surface area contributed by atoms with Crippen molar-refractivity contribution in [3.63, 3.8) is 0 Å². The minimum Gasteiger partial charge on any atom is -0.376 e. The van der Waals surface area contributed by atoms with Crippen LogP contribution < -0.4 is 5.32 Å². The Morgan fingerprint density at radius 2 is 2.00 bits per heavy atom. The molecule has 0 aromatic carbocycles. The maximum atomic E-state index is 6.05. The third-order valence-electron chi connectivity index (χ3n) is 3.93. The number of nitrogens with one attached hydrogen (secondary N) is 1. The Labute approximate surface area is 120 Å². The van der Waals surface area contributed by atoms with Gasteiger partial charge in [-0.2, -0.15) is 0 Å². The molecule has 0 spiro atoms. The van der Waals surface area contributed by atoms with Crippen molar-refractivity contribution < 1.29 is 4.74 Å². The van der Waals surface area contributed by atoms with Crippen molar-refractivity contribution in [3.05, 3.63) is 11.6 Å². The normalized spacial score (nSPS) is 19.9. The van der Waals surface area contributed by atoms with E-state index in [9.17, 15) is 0 Å². The van der Waals surface area contributed by atoms with Crippen LogP contribution in [0.1, 0.15) is 66.2 Å². The van der Waals surface area contributed by atoms with E-state index in [0.29, 0.717) is 18.1 Å². The minimum absolute atomic E-state index is 0.306. The third-order valence-corrected chi connectivity index (χ3v) is 3.93. The van der Waals surface area contributed by atoms with Gasteiger partial charge in [-0.25, -0.2) is 0 Å². The van der Waals surface area contributed by atoms with E-state index in [1.165, 1.54) is 38.5 Å². The van der Waals surface area contributed by atoms with Gasteiger partial charge in [-0.05, 0) is 51.5 Å². The molecule has 2 atom stereocenters. The summed E-state index contributed by atoms with van der Waals surface area (Å²) in [6, 6.07) is 0.415. The highest BCUT2D eigenvalue weighted by Crippen LogP contribution is 2.25. The smallest absolute Gasteiger partial charge is 0.0789 e. The van der Waals surface area contributed by atoms with Gasteiger partial charge in [0.2, 0.25) is 0 Å². The molecule has 1 aliphatic rings. The Kier molecular flexibility index (Phi) is 8.40. The van der Waals surface area contributed by atoms with Crippen molar-refractivity contribution in [2.45, 2.75) is 78.4 Å². The lowest BCUT2D eigenvalue weighted by Crippen LogP contribution is -2.46. The molecule has 1 aliphatic carbocycles. The SMILES string of the molecule is CCCNC(C1=CCCCCC1)C(OCC)C(C)C. The summed E-state index contributed by atoms with van der Waals surface area (Å²) in [5.41, 5.74) is 1.60. The molecule has 0 saturated heterocycles. The van der Waals surface area contributed by atoms with Gasteiger partial charge in [0.05, 0.1) is 12.1 Å². The predicted molar refractivity (Wildman–Crippen MR) is 83.5 cm³/mol. The first kappa shape index (κ1) is 16.7. The van der Waals surface area contributed by atoms with Gasteiger partial charge in [-0.15, -0.1) is 0 Å². The molecule has 0 fully saturated rings. The van der Waals surface area contributed by atoms with Crippen LogP contribution in [0.25, 0.3) is 0 Å². The van der Waals surface area contributed by atoms with E-state index in [4.69, 9.17) is 4.74 Å². The number of hydrogen-bond acceptors (Lipinski definition) is 2. The second-order valence-electron chi connectivity index (χ2n) is 5.97. The first-order chi connectivity index (χ1) is 9.20. The Hall–Kier alpha value is -0.340.